The summed E-state index contributed by atoms with van der Waals surface area (Å²) in [5.41, 5.74) is 2.16. The van der Waals surface area contributed by atoms with Crippen LogP contribution in [0.4, 0.5) is 0 Å². The van der Waals surface area contributed by atoms with Crippen molar-refractivity contribution in [1.29, 1.82) is 0 Å². The van der Waals surface area contributed by atoms with Gasteiger partial charge in [0.05, 0.1) is 19.3 Å². The Hall–Kier alpha value is -0.900. The first-order chi connectivity index (χ1) is 6.74. The van der Waals surface area contributed by atoms with E-state index in [9.17, 15) is 5.11 Å². The standard InChI is InChI=1S/C11H16O3/c1-2-3-8(6-12)11-9(7-13)4-5-10(11)14/h2-3,10,12-14H,1,4-7H2/b8-3-. The fraction of sp³-hybridized carbons (Fsp3) is 0.455. The normalized spacial score (nSPS) is 23.1. The molecular weight excluding hydrogens is 180 g/mol. The van der Waals surface area contributed by atoms with E-state index in [-0.39, 0.29) is 13.2 Å². The Morgan fingerprint density at radius 3 is 2.71 bits per heavy atom. The Bertz CT molecular complexity index is 276. The molecule has 3 nitrogen and oxygen atoms in total. The molecule has 0 aromatic rings. The second-order valence-electron chi connectivity index (χ2n) is 3.32. The van der Waals surface area contributed by atoms with Gasteiger partial charge in [0.2, 0.25) is 0 Å². The van der Waals surface area contributed by atoms with E-state index in [2.05, 4.69) is 6.58 Å². The molecule has 0 aromatic heterocycles. The van der Waals surface area contributed by atoms with Crippen molar-refractivity contribution in [2.75, 3.05) is 13.2 Å². The average Bonchev–Trinajstić information content (AvgIpc) is 2.56. The first-order valence-corrected chi connectivity index (χ1v) is 4.68. The molecule has 0 aliphatic heterocycles. The Morgan fingerprint density at radius 1 is 1.50 bits per heavy atom. The number of aliphatic hydroxyl groups excluding tert-OH is 3. The van der Waals surface area contributed by atoms with E-state index in [1.807, 2.05) is 0 Å². The molecule has 1 aliphatic rings. The van der Waals surface area contributed by atoms with E-state index in [4.69, 9.17) is 10.2 Å². The van der Waals surface area contributed by atoms with E-state index in [0.717, 1.165) is 5.57 Å². The highest BCUT2D eigenvalue weighted by Gasteiger charge is 2.24. The van der Waals surface area contributed by atoms with E-state index < -0.39 is 6.10 Å². The van der Waals surface area contributed by atoms with Crippen LogP contribution in [0.3, 0.4) is 0 Å². The van der Waals surface area contributed by atoms with Crippen LogP contribution in [0.25, 0.3) is 0 Å². The van der Waals surface area contributed by atoms with Crippen molar-refractivity contribution in [3.8, 4) is 0 Å². The molecule has 78 valence electrons. The highest BCUT2D eigenvalue weighted by Crippen LogP contribution is 2.31. The summed E-state index contributed by atoms with van der Waals surface area (Å²) in [4.78, 5) is 0. The Balaban J connectivity index is 3.02. The SMILES string of the molecule is C=C/C=C(/CO)C1=C(CO)CCC1O. The summed E-state index contributed by atoms with van der Waals surface area (Å²) in [5.74, 6) is 0. The third kappa shape index (κ3) is 2.12. The lowest BCUT2D eigenvalue weighted by atomic mass is 10.0. The van der Waals surface area contributed by atoms with Crippen LogP contribution in [0, 0.1) is 0 Å². The molecule has 3 heteroatoms. The molecule has 0 heterocycles. The summed E-state index contributed by atoms with van der Waals surface area (Å²) in [7, 11) is 0. The van der Waals surface area contributed by atoms with E-state index in [1.165, 1.54) is 0 Å². The van der Waals surface area contributed by atoms with Crippen LogP contribution in [-0.2, 0) is 0 Å². The van der Waals surface area contributed by atoms with Crippen molar-refractivity contribution in [2.24, 2.45) is 0 Å². The summed E-state index contributed by atoms with van der Waals surface area (Å²) < 4.78 is 0. The molecule has 1 atom stereocenters. The minimum atomic E-state index is -0.560. The lowest BCUT2D eigenvalue weighted by Gasteiger charge is -2.11. The van der Waals surface area contributed by atoms with Crippen molar-refractivity contribution in [1.82, 2.24) is 0 Å². The van der Waals surface area contributed by atoms with Crippen LogP contribution in [0.15, 0.2) is 35.5 Å². The van der Waals surface area contributed by atoms with Crippen molar-refractivity contribution in [3.05, 3.63) is 35.5 Å². The lowest BCUT2D eigenvalue weighted by Crippen LogP contribution is -2.10. The first kappa shape index (κ1) is 11.2. The molecule has 14 heavy (non-hydrogen) atoms. The van der Waals surface area contributed by atoms with Crippen molar-refractivity contribution < 1.29 is 15.3 Å². The molecule has 0 saturated carbocycles. The largest absolute Gasteiger partial charge is 0.392 e. The van der Waals surface area contributed by atoms with Crippen molar-refractivity contribution >= 4 is 0 Å². The topological polar surface area (TPSA) is 60.7 Å². The van der Waals surface area contributed by atoms with Crippen LogP contribution in [0.5, 0.6) is 0 Å². The predicted molar refractivity (Wildman–Crippen MR) is 54.7 cm³/mol. The Kier molecular flexibility index (Phi) is 4.07. The number of allylic oxidation sites excluding steroid dienone is 2. The van der Waals surface area contributed by atoms with Crippen molar-refractivity contribution in [3.63, 3.8) is 0 Å². The molecule has 0 saturated heterocycles. The molecule has 1 aliphatic carbocycles. The van der Waals surface area contributed by atoms with Gasteiger partial charge >= 0.3 is 0 Å². The maximum Gasteiger partial charge on any atom is 0.0797 e. The maximum absolute atomic E-state index is 9.66. The Morgan fingerprint density at radius 2 is 2.21 bits per heavy atom. The number of aliphatic hydroxyl groups is 3. The zero-order valence-corrected chi connectivity index (χ0v) is 8.11. The van der Waals surface area contributed by atoms with Gasteiger partial charge in [-0.2, -0.15) is 0 Å². The van der Waals surface area contributed by atoms with Gasteiger partial charge in [-0.15, -0.1) is 0 Å². The van der Waals surface area contributed by atoms with Crippen molar-refractivity contribution in [2.45, 2.75) is 18.9 Å². The molecule has 0 aromatic carbocycles. The van der Waals surface area contributed by atoms with Gasteiger partial charge in [0, 0.05) is 0 Å². The summed E-state index contributed by atoms with van der Waals surface area (Å²) >= 11 is 0. The monoisotopic (exact) mass is 196 g/mol. The van der Waals surface area contributed by atoms with Gasteiger partial charge in [-0.05, 0) is 29.6 Å². The summed E-state index contributed by atoms with van der Waals surface area (Å²) in [5, 5.41) is 27.8. The maximum atomic E-state index is 9.66. The molecule has 1 rings (SSSR count). The lowest BCUT2D eigenvalue weighted by molar-refractivity contribution is 0.210. The fourth-order valence-electron chi connectivity index (χ4n) is 1.80. The van der Waals surface area contributed by atoms with Gasteiger partial charge in [0.1, 0.15) is 0 Å². The molecule has 0 amide bonds. The quantitative estimate of drug-likeness (QED) is 0.575. The second kappa shape index (κ2) is 5.10. The van der Waals surface area contributed by atoms with Crippen LogP contribution >= 0.6 is 0 Å². The molecule has 1 unspecified atom stereocenters. The molecular formula is C11H16O3. The smallest absolute Gasteiger partial charge is 0.0797 e. The third-order valence-corrected chi connectivity index (χ3v) is 2.46. The molecule has 0 fully saturated rings. The molecule has 3 N–H and O–H groups in total. The van der Waals surface area contributed by atoms with E-state index in [1.54, 1.807) is 12.2 Å². The van der Waals surface area contributed by atoms with Gasteiger partial charge in [0.15, 0.2) is 0 Å². The Labute approximate surface area is 83.7 Å². The molecule has 0 bridgehead atoms. The third-order valence-electron chi connectivity index (χ3n) is 2.46. The number of hydrogen-bond acceptors (Lipinski definition) is 3. The van der Waals surface area contributed by atoms with E-state index >= 15 is 0 Å². The first-order valence-electron chi connectivity index (χ1n) is 4.68. The zero-order chi connectivity index (χ0) is 10.6. The minimum absolute atomic E-state index is 0.0547. The second-order valence-corrected chi connectivity index (χ2v) is 3.32. The highest BCUT2D eigenvalue weighted by molar-refractivity contribution is 5.43. The van der Waals surface area contributed by atoms with Crippen LogP contribution < -0.4 is 0 Å². The van der Waals surface area contributed by atoms with Gasteiger partial charge in [-0.25, -0.2) is 0 Å². The van der Waals surface area contributed by atoms with Gasteiger partial charge in [-0.3, -0.25) is 0 Å². The average molecular weight is 196 g/mol. The highest BCUT2D eigenvalue weighted by atomic mass is 16.3. The summed E-state index contributed by atoms with van der Waals surface area (Å²) in [6, 6.07) is 0. The van der Waals surface area contributed by atoms with Crippen LogP contribution in [0.2, 0.25) is 0 Å². The van der Waals surface area contributed by atoms with E-state index in [0.29, 0.717) is 24.0 Å². The summed E-state index contributed by atoms with van der Waals surface area (Å²) in [6.45, 7) is 3.35. The number of rotatable bonds is 4. The molecule has 0 radical (unpaired) electrons. The summed E-state index contributed by atoms with van der Waals surface area (Å²) in [6.07, 6.45) is 4.00. The van der Waals surface area contributed by atoms with Gasteiger partial charge in [0.25, 0.3) is 0 Å². The fourth-order valence-corrected chi connectivity index (χ4v) is 1.80. The zero-order valence-electron chi connectivity index (χ0n) is 8.11. The number of hydrogen-bond donors (Lipinski definition) is 3. The van der Waals surface area contributed by atoms with Crippen LogP contribution in [-0.4, -0.2) is 34.6 Å². The van der Waals surface area contributed by atoms with Crippen LogP contribution in [0.1, 0.15) is 12.8 Å². The minimum Gasteiger partial charge on any atom is -0.392 e. The molecule has 0 spiro atoms. The predicted octanol–water partition coefficient (Wildman–Crippen LogP) is 0.535. The van der Waals surface area contributed by atoms with Gasteiger partial charge in [-0.1, -0.05) is 18.7 Å². The van der Waals surface area contributed by atoms with Gasteiger partial charge < -0.3 is 15.3 Å².